The second-order valence-corrected chi connectivity index (χ2v) is 8.32. The van der Waals surface area contributed by atoms with Crippen LogP contribution >= 0.6 is 22.7 Å². The minimum Gasteiger partial charge on any atom is -0.316 e. The van der Waals surface area contributed by atoms with Gasteiger partial charge in [-0.1, -0.05) is 17.4 Å². The molecule has 0 saturated heterocycles. The van der Waals surface area contributed by atoms with Gasteiger partial charge < -0.3 is 4.57 Å². The van der Waals surface area contributed by atoms with Gasteiger partial charge in [-0.3, -0.25) is 10.1 Å². The Bertz CT molecular complexity index is 1050. The average molecular weight is 369 g/mol. The van der Waals surface area contributed by atoms with Crippen molar-refractivity contribution in [3.05, 3.63) is 50.6 Å². The number of non-ortho nitro benzene ring substituents is 1. The quantitative estimate of drug-likeness (QED) is 0.522. The maximum absolute atomic E-state index is 12.3. The van der Waals surface area contributed by atoms with E-state index in [9.17, 15) is 18.5 Å². The van der Waals surface area contributed by atoms with Crippen LogP contribution in [0.3, 0.4) is 0 Å². The molecule has 2 aromatic heterocycles. The Balaban J connectivity index is 2.25. The number of sulfonamides is 1. The summed E-state index contributed by atoms with van der Waals surface area (Å²) in [6, 6.07) is 7.60. The smallest absolute Gasteiger partial charge is 0.294 e. The maximum Gasteiger partial charge on any atom is 0.294 e. The molecule has 1 aromatic carbocycles. The van der Waals surface area contributed by atoms with E-state index in [0.717, 1.165) is 28.2 Å². The third-order valence-electron chi connectivity index (χ3n) is 3.14. The number of aryl methyl sites for hydroxylation is 1. The topological polar surface area (TPSA) is 94.6 Å². The lowest BCUT2D eigenvalue weighted by atomic mass is 10.3. The first-order valence-electron chi connectivity index (χ1n) is 6.54. The summed E-state index contributed by atoms with van der Waals surface area (Å²) in [6.07, 6.45) is 0. The molecule has 2 heterocycles. The van der Waals surface area contributed by atoms with Crippen LogP contribution in [0.15, 0.2) is 44.3 Å². The number of hydrogen-bond donors (Lipinski definition) is 0. The number of aromatic nitrogens is 1. The first kappa shape index (κ1) is 15.8. The predicted octanol–water partition coefficient (Wildman–Crippen LogP) is 2.98. The maximum atomic E-state index is 12.3. The van der Waals surface area contributed by atoms with Gasteiger partial charge >= 0.3 is 0 Å². The molecule has 3 rings (SSSR count). The Morgan fingerprint density at radius 2 is 2.13 bits per heavy atom. The highest BCUT2D eigenvalue weighted by molar-refractivity contribution is 7.92. The number of hydrogen-bond acceptors (Lipinski definition) is 6. The molecule has 0 atom stereocenters. The van der Waals surface area contributed by atoms with E-state index in [1.807, 2.05) is 6.92 Å². The fraction of sp³-hybridized carbons (Fsp3) is 0.154. The van der Waals surface area contributed by atoms with Crippen molar-refractivity contribution in [2.24, 2.45) is 4.40 Å². The zero-order chi connectivity index (χ0) is 16.6. The van der Waals surface area contributed by atoms with Crippen LogP contribution in [0.4, 0.5) is 5.69 Å². The Morgan fingerprint density at radius 3 is 2.74 bits per heavy atom. The summed E-state index contributed by atoms with van der Waals surface area (Å²) in [5, 5.41) is 12.5. The highest BCUT2D eigenvalue weighted by Crippen LogP contribution is 2.24. The number of benzene rings is 1. The molecule has 0 aliphatic rings. The Hall–Kier alpha value is -2.04. The molecular weight excluding hydrogens is 358 g/mol. The van der Waals surface area contributed by atoms with Crippen molar-refractivity contribution in [1.29, 1.82) is 0 Å². The molecule has 0 spiro atoms. The summed E-state index contributed by atoms with van der Waals surface area (Å²) in [5.41, 5.74) is 0.692. The van der Waals surface area contributed by atoms with Crippen LogP contribution in [0.2, 0.25) is 0 Å². The normalized spacial score (nSPS) is 12.8. The van der Waals surface area contributed by atoms with Crippen LogP contribution in [0.1, 0.15) is 6.92 Å². The van der Waals surface area contributed by atoms with Crippen molar-refractivity contribution in [2.45, 2.75) is 17.7 Å². The first-order chi connectivity index (χ1) is 10.9. The number of nitro benzene ring substituents is 1. The number of nitro groups is 1. The van der Waals surface area contributed by atoms with E-state index in [1.54, 1.807) is 22.1 Å². The van der Waals surface area contributed by atoms with Gasteiger partial charge in [-0.05, 0) is 24.4 Å². The summed E-state index contributed by atoms with van der Waals surface area (Å²) < 4.78 is 31.1. The molecule has 0 bridgehead atoms. The zero-order valence-corrected chi connectivity index (χ0v) is 14.3. The predicted molar refractivity (Wildman–Crippen MR) is 89.2 cm³/mol. The fourth-order valence-corrected chi connectivity index (χ4v) is 5.41. The van der Waals surface area contributed by atoms with Crippen molar-refractivity contribution >= 4 is 48.6 Å². The number of thiazole rings is 1. The summed E-state index contributed by atoms with van der Waals surface area (Å²) in [6.45, 7) is 2.38. The van der Waals surface area contributed by atoms with Crippen molar-refractivity contribution < 1.29 is 13.3 Å². The molecule has 3 aromatic rings. The van der Waals surface area contributed by atoms with E-state index in [4.69, 9.17) is 0 Å². The molecule has 0 unspecified atom stereocenters. The zero-order valence-electron chi connectivity index (χ0n) is 11.9. The molecule has 0 aliphatic heterocycles. The van der Waals surface area contributed by atoms with E-state index < -0.39 is 14.9 Å². The van der Waals surface area contributed by atoms with Crippen LogP contribution < -0.4 is 4.80 Å². The van der Waals surface area contributed by atoms with E-state index in [1.165, 1.54) is 18.2 Å². The van der Waals surface area contributed by atoms with Crippen molar-refractivity contribution in [1.82, 2.24) is 4.57 Å². The Morgan fingerprint density at radius 1 is 1.35 bits per heavy atom. The molecular formula is C13H11N3O4S3. The molecule has 0 N–H and O–H groups in total. The molecule has 0 fully saturated rings. The summed E-state index contributed by atoms with van der Waals surface area (Å²) in [7, 11) is -3.78. The van der Waals surface area contributed by atoms with Gasteiger partial charge in [0.15, 0.2) is 0 Å². The molecule has 23 heavy (non-hydrogen) atoms. The molecule has 7 nitrogen and oxygen atoms in total. The first-order valence-corrected chi connectivity index (χ1v) is 9.68. The molecule has 0 saturated carbocycles. The monoisotopic (exact) mass is 369 g/mol. The minimum absolute atomic E-state index is 0.0327. The molecule has 120 valence electrons. The Labute approximate surface area is 139 Å². The van der Waals surface area contributed by atoms with Crippen LogP contribution in [0.5, 0.6) is 0 Å². The number of nitrogens with zero attached hydrogens (tertiary/aromatic N) is 3. The second-order valence-electron chi connectivity index (χ2n) is 4.54. The second kappa shape index (κ2) is 5.87. The highest BCUT2D eigenvalue weighted by Gasteiger charge is 2.16. The van der Waals surface area contributed by atoms with E-state index in [2.05, 4.69) is 4.40 Å². The van der Waals surface area contributed by atoms with Crippen LogP contribution in [0.25, 0.3) is 10.2 Å². The lowest BCUT2D eigenvalue weighted by Crippen LogP contribution is -2.15. The van der Waals surface area contributed by atoms with Gasteiger partial charge in [-0.2, -0.15) is 8.42 Å². The number of fused-ring (bicyclic) bond motifs is 1. The van der Waals surface area contributed by atoms with Gasteiger partial charge in [0, 0.05) is 18.7 Å². The summed E-state index contributed by atoms with van der Waals surface area (Å²) in [4.78, 5) is 10.7. The summed E-state index contributed by atoms with van der Waals surface area (Å²) in [5.74, 6) is 0. The minimum atomic E-state index is -3.78. The van der Waals surface area contributed by atoms with Crippen LogP contribution in [0, 0.1) is 10.1 Å². The van der Waals surface area contributed by atoms with Gasteiger partial charge in [0.1, 0.15) is 4.21 Å². The molecule has 0 aliphatic carbocycles. The van der Waals surface area contributed by atoms with E-state index in [0.29, 0.717) is 16.0 Å². The average Bonchev–Trinajstić information content (AvgIpc) is 3.13. The van der Waals surface area contributed by atoms with Gasteiger partial charge in [0.05, 0.1) is 15.1 Å². The third-order valence-corrected chi connectivity index (χ3v) is 6.94. The molecule has 0 radical (unpaired) electrons. The SMILES string of the molecule is CCn1/c(=N/S(=O)(=O)c2cccs2)sc2cc([N+](=O)[O-])ccc21. The molecule has 0 amide bonds. The summed E-state index contributed by atoms with van der Waals surface area (Å²) >= 11 is 2.22. The largest absolute Gasteiger partial charge is 0.316 e. The Kier molecular flexibility index (Phi) is 4.04. The van der Waals surface area contributed by atoms with Crippen LogP contribution in [-0.2, 0) is 16.6 Å². The van der Waals surface area contributed by atoms with Crippen LogP contribution in [-0.4, -0.2) is 17.9 Å². The lowest BCUT2D eigenvalue weighted by Gasteiger charge is -2.00. The van der Waals surface area contributed by atoms with Crippen molar-refractivity contribution in [2.75, 3.05) is 0 Å². The molecule has 10 heteroatoms. The third kappa shape index (κ3) is 2.92. The van der Waals surface area contributed by atoms with Gasteiger partial charge in [0.2, 0.25) is 4.80 Å². The highest BCUT2D eigenvalue weighted by atomic mass is 32.2. The lowest BCUT2D eigenvalue weighted by molar-refractivity contribution is -0.384. The standard InChI is InChI=1S/C13H11N3O4S3/c1-2-15-10-6-5-9(16(17)18)8-11(10)22-13(15)14-23(19,20)12-4-3-7-21-12/h3-8H,2H2,1H3/b14-13-. The van der Waals surface area contributed by atoms with Gasteiger partial charge in [0.25, 0.3) is 15.7 Å². The van der Waals surface area contributed by atoms with Crippen molar-refractivity contribution in [3.63, 3.8) is 0 Å². The van der Waals surface area contributed by atoms with Gasteiger partial charge in [-0.15, -0.1) is 15.7 Å². The number of rotatable bonds is 4. The van der Waals surface area contributed by atoms with E-state index >= 15 is 0 Å². The van der Waals surface area contributed by atoms with Gasteiger partial charge in [-0.25, -0.2) is 0 Å². The van der Waals surface area contributed by atoms with E-state index in [-0.39, 0.29) is 9.90 Å². The fourth-order valence-electron chi connectivity index (χ4n) is 2.11. The van der Waals surface area contributed by atoms with Crippen molar-refractivity contribution in [3.8, 4) is 0 Å². The number of thiophene rings is 1.